The van der Waals surface area contributed by atoms with Gasteiger partial charge in [-0.2, -0.15) is 5.10 Å². The van der Waals surface area contributed by atoms with E-state index in [-0.39, 0.29) is 12.5 Å². The van der Waals surface area contributed by atoms with E-state index in [2.05, 4.69) is 16.1 Å². The van der Waals surface area contributed by atoms with Crippen LogP contribution in [0.2, 0.25) is 0 Å². The number of carboxylic acids is 1. The highest BCUT2D eigenvalue weighted by atomic mass is 16.5. The number of hydrogen-bond acceptors (Lipinski definition) is 4. The van der Waals surface area contributed by atoms with Crippen molar-refractivity contribution in [3.05, 3.63) is 53.9 Å². The highest BCUT2D eigenvalue weighted by Crippen LogP contribution is 2.19. The average Bonchev–Trinajstić information content (AvgIpc) is 3.05. The molecule has 0 aliphatic carbocycles. The van der Waals surface area contributed by atoms with Crippen molar-refractivity contribution in [2.45, 2.75) is 45.6 Å². The van der Waals surface area contributed by atoms with Crippen LogP contribution in [0.15, 0.2) is 42.7 Å². The number of aromatic nitrogens is 3. The van der Waals surface area contributed by atoms with Crippen molar-refractivity contribution in [1.29, 1.82) is 0 Å². The van der Waals surface area contributed by atoms with E-state index in [1.165, 1.54) is 0 Å². The Hall–Kier alpha value is -2.73. The van der Waals surface area contributed by atoms with E-state index in [1.54, 1.807) is 0 Å². The minimum atomic E-state index is -0.754. The summed E-state index contributed by atoms with van der Waals surface area (Å²) >= 11 is 0. The van der Waals surface area contributed by atoms with Gasteiger partial charge in [0, 0.05) is 18.0 Å². The fourth-order valence-corrected chi connectivity index (χ4v) is 2.95. The van der Waals surface area contributed by atoms with Crippen LogP contribution in [0.3, 0.4) is 0 Å². The van der Waals surface area contributed by atoms with Crippen molar-refractivity contribution in [3.8, 4) is 5.69 Å². The second-order valence-electron chi connectivity index (χ2n) is 6.90. The summed E-state index contributed by atoms with van der Waals surface area (Å²) in [4.78, 5) is 15.2. The molecule has 0 unspecified atom stereocenters. The summed E-state index contributed by atoms with van der Waals surface area (Å²) in [5.74, 6) is -0.754. The van der Waals surface area contributed by atoms with Gasteiger partial charge in [-0.25, -0.2) is 9.67 Å². The molecular weight excluding hydrogens is 342 g/mol. The predicted octanol–water partition coefficient (Wildman–Crippen LogP) is 3.80. The predicted molar refractivity (Wildman–Crippen MR) is 104 cm³/mol. The van der Waals surface area contributed by atoms with E-state index in [1.807, 2.05) is 55.2 Å². The van der Waals surface area contributed by atoms with Crippen molar-refractivity contribution in [2.24, 2.45) is 0 Å². The maximum absolute atomic E-state index is 10.6. The molecule has 0 aliphatic heterocycles. The number of benzene rings is 1. The summed E-state index contributed by atoms with van der Waals surface area (Å²) < 4.78 is 7.43. The van der Waals surface area contributed by atoms with Gasteiger partial charge in [0.25, 0.3) is 0 Å². The fraction of sp³-hybridized carbons (Fsp3) is 0.381. The van der Waals surface area contributed by atoms with Crippen molar-refractivity contribution in [2.75, 3.05) is 6.61 Å². The summed E-state index contributed by atoms with van der Waals surface area (Å²) in [7, 11) is 0. The summed E-state index contributed by atoms with van der Waals surface area (Å²) in [5.41, 5.74) is 4.02. The van der Waals surface area contributed by atoms with Gasteiger partial charge in [0.05, 0.1) is 24.6 Å². The Bertz CT molecular complexity index is 901. The molecule has 2 aromatic heterocycles. The first-order chi connectivity index (χ1) is 13.0. The minimum Gasteiger partial charge on any atom is -0.481 e. The maximum Gasteiger partial charge on any atom is 0.303 e. The average molecular weight is 367 g/mol. The van der Waals surface area contributed by atoms with Crippen LogP contribution in [-0.4, -0.2) is 38.6 Å². The van der Waals surface area contributed by atoms with Crippen LogP contribution in [-0.2, 0) is 22.4 Å². The number of aliphatic carboxylic acids is 1. The van der Waals surface area contributed by atoms with Crippen LogP contribution >= 0.6 is 0 Å². The zero-order chi connectivity index (χ0) is 19.2. The standard InChI is InChI=1S/C21H25N3O3/c1-15(2)27-11-10-17-12-18-14-23-24(21(18)22-13-17)19-8-6-16(7-9-19)4-3-5-20(25)26/h6-9,12-15H,3-5,10-11H2,1-2H3,(H,25,26). The lowest BCUT2D eigenvalue weighted by molar-refractivity contribution is -0.137. The number of fused-ring (bicyclic) bond motifs is 1. The Morgan fingerprint density at radius 2 is 1.93 bits per heavy atom. The molecule has 27 heavy (non-hydrogen) atoms. The van der Waals surface area contributed by atoms with Crippen LogP contribution < -0.4 is 0 Å². The lowest BCUT2D eigenvalue weighted by atomic mass is 10.1. The molecule has 0 saturated carbocycles. The van der Waals surface area contributed by atoms with E-state index in [0.29, 0.717) is 13.0 Å². The molecule has 3 aromatic rings. The number of aryl methyl sites for hydroxylation is 1. The van der Waals surface area contributed by atoms with Gasteiger partial charge in [-0.1, -0.05) is 12.1 Å². The third-order valence-corrected chi connectivity index (χ3v) is 4.34. The number of hydrogen-bond donors (Lipinski definition) is 1. The molecule has 1 aromatic carbocycles. The van der Waals surface area contributed by atoms with Gasteiger partial charge in [-0.3, -0.25) is 4.79 Å². The molecule has 6 nitrogen and oxygen atoms in total. The number of carboxylic acid groups (broad SMARTS) is 1. The quantitative estimate of drug-likeness (QED) is 0.622. The van der Waals surface area contributed by atoms with Gasteiger partial charge >= 0.3 is 5.97 Å². The zero-order valence-corrected chi connectivity index (χ0v) is 15.8. The Balaban J connectivity index is 1.70. The molecule has 0 atom stereocenters. The van der Waals surface area contributed by atoms with Crippen LogP contribution in [0, 0.1) is 0 Å². The first-order valence-electron chi connectivity index (χ1n) is 9.28. The highest BCUT2D eigenvalue weighted by Gasteiger charge is 2.08. The highest BCUT2D eigenvalue weighted by molar-refractivity contribution is 5.76. The van der Waals surface area contributed by atoms with Crippen LogP contribution in [0.5, 0.6) is 0 Å². The first-order valence-corrected chi connectivity index (χ1v) is 9.28. The molecule has 1 N–H and O–H groups in total. The monoisotopic (exact) mass is 367 g/mol. The smallest absolute Gasteiger partial charge is 0.303 e. The van der Waals surface area contributed by atoms with Crippen molar-refractivity contribution < 1.29 is 14.6 Å². The third kappa shape index (κ3) is 5.14. The molecule has 0 amide bonds. The number of ether oxygens (including phenoxy) is 1. The number of nitrogens with zero attached hydrogens (tertiary/aromatic N) is 3. The lowest BCUT2D eigenvalue weighted by Gasteiger charge is -2.08. The molecule has 0 spiro atoms. The molecule has 0 aliphatic rings. The van der Waals surface area contributed by atoms with E-state index < -0.39 is 5.97 Å². The molecule has 0 bridgehead atoms. The van der Waals surface area contributed by atoms with Gasteiger partial charge in [-0.15, -0.1) is 0 Å². The van der Waals surface area contributed by atoms with E-state index >= 15 is 0 Å². The summed E-state index contributed by atoms with van der Waals surface area (Å²) in [6, 6.07) is 10.1. The Morgan fingerprint density at radius 3 is 2.63 bits per heavy atom. The van der Waals surface area contributed by atoms with Gasteiger partial charge in [0.1, 0.15) is 0 Å². The van der Waals surface area contributed by atoms with Crippen molar-refractivity contribution in [3.63, 3.8) is 0 Å². The van der Waals surface area contributed by atoms with Crippen LogP contribution in [0.25, 0.3) is 16.7 Å². The topological polar surface area (TPSA) is 77.2 Å². The van der Waals surface area contributed by atoms with Crippen LogP contribution in [0.1, 0.15) is 37.8 Å². The second-order valence-corrected chi connectivity index (χ2v) is 6.90. The van der Waals surface area contributed by atoms with E-state index in [4.69, 9.17) is 9.84 Å². The Kier molecular flexibility index (Phi) is 6.19. The molecule has 0 saturated heterocycles. The molecule has 142 valence electrons. The molecule has 3 rings (SSSR count). The minimum absolute atomic E-state index is 0.194. The van der Waals surface area contributed by atoms with Crippen LogP contribution in [0.4, 0.5) is 0 Å². The largest absolute Gasteiger partial charge is 0.481 e. The molecule has 2 heterocycles. The van der Waals surface area contributed by atoms with Crippen molar-refractivity contribution >= 4 is 17.0 Å². The Morgan fingerprint density at radius 1 is 1.15 bits per heavy atom. The molecule has 6 heteroatoms. The second kappa shape index (κ2) is 8.77. The summed E-state index contributed by atoms with van der Waals surface area (Å²) in [5, 5.41) is 14.2. The molecule has 0 fully saturated rings. The SMILES string of the molecule is CC(C)OCCc1cnc2c(cnn2-c2ccc(CCCC(=O)O)cc2)c1. The van der Waals surface area contributed by atoms with Gasteiger partial charge in [0.15, 0.2) is 5.65 Å². The van der Waals surface area contributed by atoms with E-state index in [9.17, 15) is 4.79 Å². The summed E-state index contributed by atoms with van der Waals surface area (Å²) in [6.45, 7) is 4.74. The normalized spacial score (nSPS) is 11.4. The first kappa shape index (κ1) is 19.0. The molecule has 0 radical (unpaired) electrons. The van der Waals surface area contributed by atoms with Gasteiger partial charge < -0.3 is 9.84 Å². The van der Waals surface area contributed by atoms with Gasteiger partial charge in [-0.05, 0) is 62.4 Å². The number of pyridine rings is 1. The number of rotatable bonds is 9. The third-order valence-electron chi connectivity index (χ3n) is 4.34. The summed E-state index contributed by atoms with van der Waals surface area (Å²) in [6.07, 6.45) is 6.37. The van der Waals surface area contributed by atoms with E-state index in [0.717, 1.165) is 40.7 Å². The van der Waals surface area contributed by atoms with Crippen molar-refractivity contribution in [1.82, 2.24) is 14.8 Å². The number of carbonyl (C=O) groups is 1. The lowest BCUT2D eigenvalue weighted by Crippen LogP contribution is -2.06. The fourth-order valence-electron chi connectivity index (χ4n) is 2.95. The Labute approximate surface area is 158 Å². The zero-order valence-electron chi connectivity index (χ0n) is 15.8. The molecular formula is C21H25N3O3. The maximum atomic E-state index is 10.6. The van der Waals surface area contributed by atoms with Gasteiger partial charge in [0.2, 0.25) is 0 Å².